The topological polar surface area (TPSA) is 51.8 Å². The molecule has 12 rings (SSSR count). The van der Waals surface area contributed by atoms with Crippen LogP contribution < -0.4 is 0 Å². The first kappa shape index (κ1) is 36.4. The molecule has 294 valence electrons. The van der Waals surface area contributed by atoms with Crippen molar-refractivity contribution in [3.05, 3.63) is 224 Å². The molecule has 0 spiro atoms. The number of nitrogens with zero attached hydrogens (tertiary/aromatic N) is 3. The fourth-order valence-corrected chi connectivity index (χ4v) is 9.06. The fraction of sp³-hybridized carbons (Fsp3) is 0. The Morgan fingerprint density at radius 2 is 0.794 bits per heavy atom. The lowest BCUT2D eigenvalue weighted by Gasteiger charge is -2.16. The molecule has 0 aliphatic rings. The summed E-state index contributed by atoms with van der Waals surface area (Å²) in [5, 5.41) is 5.52. The molecule has 0 N–H and O–H groups in total. The van der Waals surface area contributed by atoms with Crippen LogP contribution in [0.5, 0.6) is 0 Å². The summed E-state index contributed by atoms with van der Waals surface area (Å²) in [6.45, 7) is 0. The molecule has 3 heterocycles. The zero-order valence-electron chi connectivity index (χ0n) is 34.1. The highest BCUT2D eigenvalue weighted by molar-refractivity contribution is 6.27. The number of hydrogen-bond acceptors (Lipinski definition) is 4. The SMILES string of the molecule is c1ccc(-c2cccc(-c3nc(-c4ccccc4)cc(-c4ccc(-c5cccc(-c6c7c(cc8c(-c9ccccc9)nc9ccccc9c68)oc6ccccc67)c5)cc4)n3)c2)cc1. The highest BCUT2D eigenvalue weighted by Gasteiger charge is 2.22. The second kappa shape index (κ2) is 15.2. The van der Waals surface area contributed by atoms with Gasteiger partial charge in [0.2, 0.25) is 0 Å². The standard InChI is InChI=1S/C59H37N3O/c1-4-16-38(17-5-1)44-23-15-25-46(35-44)59-61-51(40-18-6-2-7-19-40)37-52(62-59)41-32-30-39(31-33-41)43-22-14-24-45(34-43)55-56-47-26-10-12-28-50(47)60-58(42-20-8-3-9-21-42)49(56)36-54-57(55)48-27-11-13-29-53(48)63-54/h1-37H. The second-order valence-corrected chi connectivity index (χ2v) is 15.9. The molecule has 0 aliphatic carbocycles. The molecular weight excluding hydrogens is 767 g/mol. The maximum absolute atomic E-state index is 6.66. The van der Waals surface area contributed by atoms with E-state index in [1.807, 2.05) is 24.3 Å². The molecule has 12 aromatic rings. The summed E-state index contributed by atoms with van der Waals surface area (Å²) in [6.07, 6.45) is 0. The van der Waals surface area contributed by atoms with Gasteiger partial charge in [0.15, 0.2) is 5.82 Å². The number of rotatable bonds is 7. The van der Waals surface area contributed by atoms with E-state index < -0.39 is 0 Å². The largest absolute Gasteiger partial charge is 0.456 e. The maximum atomic E-state index is 6.66. The van der Waals surface area contributed by atoms with Gasteiger partial charge in [-0.2, -0.15) is 0 Å². The van der Waals surface area contributed by atoms with Crippen LogP contribution >= 0.6 is 0 Å². The summed E-state index contributed by atoms with van der Waals surface area (Å²) in [7, 11) is 0. The van der Waals surface area contributed by atoms with Crippen molar-refractivity contribution in [2.24, 2.45) is 0 Å². The van der Waals surface area contributed by atoms with E-state index in [9.17, 15) is 0 Å². The molecule has 0 saturated carbocycles. The predicted molar refractivity (Wildman–Crippen MR) is 260 cm³/mol. The number of aromatic nitrogens is 3. The van der Waals surface area contributed by atoms with Gasteiger partial charge in [-0.05, 0) is 64.2 Å². The minimum Gasteiger partial charge on any atom is -0.456 e. The van der Waals surface area contributed by atoms with Crippen LogP contribution in [-0.4, -0.2) is 15.0 Å². The predicted octanol–water partition coefficient (Wildman–Crippen LogP) is 15.7. The van der Waals surface area contributed by atoms with Crippen LogP contribution in [0.15, 0.2) is 229 Å². The summed E-state index contributed by atoms with van der Waals surface area (Å²) >= 11 is 0. The molecule has 0 aliphatic heterocycles. The van der Waals surface area contributed by atoms with Crippen LogP contribution in [0.4, 0.5) is 0 Å². The van der Waals surface area contributed by atoms with Crippen LogP contribution in [0, 0.1) is 0 Å². The molecular formula is C59H37N3O. The minimum atomic E-state index is 0.687. The molecule has 0 radical (unpaired) electrons. The van der Waals surface area contributed by atoms with Crippen molar-refractivity contribution in [2.75, 3.05) is 0 Å². The monoisotopic (exact) mass is 803 g/mol. The van der Waals surface area contributed by atoms with Gasteiger partial charge in [0.05, 0.1) is 22.6 Å². The Hall–Kier alpha value is -8.47. The number of para-hydroxylation sites is 2. The highest BCUT2D eigenvalue weighted by atomic mass is 16.3. The molecule has 0 fully saturated rings. The van der Waals surface area contributed by atoms with Gasteiger partial charge >= 0.3 is 0 Å². The van der Waals surface area contributed by atoms with Gasteiger partial charge in [0.25, 0.3) is 0 Å². The van der Waals surface area contributed by atoms with E-state index >= 15 is 0 Å². The van der Waals surface area contributed by atoms with Crippen molar-refractivity contribution >= 4 is 43.6 Å². The van der Waals surface area contributed by atoms with E-state index in [2.05, 4.69) is 200 Å². The van der Waals surface area contributed by atoms with E-state index in [0.29, 0.717) is 5.82 Å². The lowest BCUT2D eigenvalue weighted by Crippen LogP contribution is -1.96. The third-order valence-corrected chi connectivity index (χ3v) is 12.1. The Morgan fingerprint density at radius 3 is 1.51 bits per heavy atom. The van der Waals surface area contributed by atoms with E-state index in [1.54, 1.807) is 0 Å². The molecule has 0 unspecified atom stereocenters. The molecule has 9 aromatic carbocycles. The van der Waals surface area contributed by atoms with Crippen molar-refractivity contribution in [1.82, 2.24) is 15.0 Å². The Bertz CT molecular complexity index is 3650. The van der Waals surface area contributed by atoms with Crippen LogP contribution in [-0.2, 0) is 0 Å². The molecule has 0 saturated heterocycles. The van der Waals surface area contributed by atoms with Crippen LogP contribution in [0.3, 0.4) is 0 Å². The first-order chi connectivity index (χ1) is 31.2. The molecule has 63 heavy (non-hydrogen) atoms. The molecule has 0 bridgehead atoms. The van der Waals surface area contributed by atoms with Gasteiger partial charge < -0.3 is 4.42 Å². The third-order valence-electron chi connectivity index (χ3n) is 12.1. The van der Waals surface area contributed by atoms with Gasteiger partial charge in [-0.25, -0.2) is 15.0 Å². The molecule has 4 heteroatoms. The molecule has 3 aromatic heterocycles. The zero-order valence-corrected chi connectivity index (χ0v) is 34.1. The molecule has 0 atom stereocenters. The van der Waals surface area contributed by atoms with Crippen molar-refractivity contribution in [2.45, 2.75) is 0 Å². The molecule has 0 amide bonds. The summed E-state index contributed by atoms with van der Waals surface area (Å²) < 4.78 is 6.66. The van der Waals surface area contributed by atoms with E-state index in [-0.39, 0.29) is 0 Å². The Kier molecular flexibility index (Phi) is 8.79. The zero-order chi connectivity index (χ0) is 41.7. The summed E-state index contributed by atoms with van der Waals surface area (Å²) in [5.74, 6) is 0.687. The normalized spacial score (nSPS) is 11.5. The highest BCUT2D eigenvalue weighted by Crippen LogP contribution is 2.47. The van der Waals surface area contributed by atoms with E-state index in [4.69, 9.17) is 19.4 Å². The van der Waals surface area contributed by atoms with E-state index in [0.717, 1.165) is 116 Å². The fourth-order valence-electron chi connectivity index (χ4n) is 9.06. The van der Waals surface area contributed by atoms with Crippen molar-refractivity contribution < 1.29 is 4.42 Å². The minimum absolute atomic E-state index is 0.687. The quantitative estimate of drug-likeness (QED) is 0.151. The summed E-state index contributed by atoms with van der Waals surface area (Å²) in [4.78, 5) is 15.6. The number of furan rings is 1. The van der Waals surface area contributed by atoms with Gasteiger partial charge in [-0.3, -0.25) is 0 Å². The summed E-state index contributed by atoms with van der Waals surface area (Å²) in [6, 6.07) is 78.5. The smallest absolute Gasteiger partial charge is 0.160 e. The van der Waals surface area contributed by atoms with Crippen molar-refractivity contribution in [3.8, 4) is 78.5 Å². The van der Waals surface area contributed by atoms with Crippen LogP contribution in [0.2, 0.25) is 0 Å². The van der Waals surface area contributed by atoms with E-state index in [1.165, 1.54) is 0 Å². The van der Waals surface area contributed by atoms with Crippen LogP contribution in [0.1, 0.15) is 0 Å². The number of fused-ring (bicyclic) bond motifs is 6. The number of benzene rings is 9. The van der Waals surface area contributed by atoms with Crippen molar-refractivity contribution in [1.29, 1.82) is 0 Å². The van der Waals surface area contributed by atoms with Gasteiger partial charge in [-0.15, -0.1) is 0 Å². The third kappa shape index (κ3) is 6.53. The number of hydrogen-bond donors (Lipinski definition) is 0. The Labute approximate surface area is 364 Å². The van der Waals surface area contributed by atoms with Gasteiger partial charge in [0, 0.05) is 54.7 Å². The first-order valence-corrected chi connectivity index (χ1v) is 21.3. The van der Waals surface area contributed by atoms with Crippen LogP contribution in [0.25, 0.3) is 122 Å². The summed E-state index contributed by atoms with van der Waals surface area (Å²) in [5.41, 5.74) is 16.2. The van der Waals surface area contributed by atoms with Gasteiger partial charge in [0.1, 0.15) is 11.2 Å². The lowest BCUT2D eigenvalue weighted by molar-refractivity contribution is 0.669. The first-order valence-electron chi connectivity index (χ1n) is 21.3. The Balaban J connectivity index is 1.00. The Morgan fingerprint density at radius 1 is 0.286 bits per heavy atom. The van der Waals surface area contributed by atoms with Crippen molar-refractivity contribution in [3.63, 3.8) is 0 Å². The average Bonchev–Trinajstić information content (AvgIpc) is 3.74. The second-order valence-electron chi connectivity index (χ2n) is 15.9. The molecule has 4 nitrogen and oxygen atoms in total. The maximum Gasteiger partial charge on any atom is 0.160 e. The van der Waals surface area contributed by atoms with Gasteiger partial charge in [-0.1, -0.05) is 188 Å². The number of pyridine rings is 1. The average molecular weight is 804 g/mol. The lowest BCUT2D eigenvalue weighted by atomic mass is 9.88.